The molecule has 6 nitrogen and oxygen atoms in total. The lowest BCUT2D eigenvalue weighted by atomic mass is 10.2. The number of carbonyl (C=O) groups excluding carboxylic acids is 1. The van der Waals surface area contributed by atoms with Crippen LogP contribution >= 0.6 is 0 Å². The van der Waals surface area contributed by atoms with Gasteiger partial charge in [-0.2, -0.15) is 0 Å². The van der Waals surface area contributed by atoms with Crippen LogP contribution in [-0.4, -0.2) is 49.1 Å². The van der Waals surface area contributed by atoms with Gasteiger partial charge in [-0.15, -0.1) is 0 Å². The van der Waals surface area contributed by atoms with Gasteiger partial charge in [0.05, 0.1) is 6.61 Å². The summed E-state index contributed by atoms with van der Waals surface area (Å²) in [5.41, 5.74) is 0. The van der Waals surface area contributed by atoms with Crippen LogP contribution in [0.4, 0.5) is 0 Å². The van der Waals surface area contributed by atoms with Crippen molar-refractivity contribution in [2.75, 3.05) is 27.9 Å². The fourth-order valence-electron chi connectivity index (χ4n) is 1.35. The molecule has 0 aromatic carbocycles. The van der Waals surface area contributed by atoms with Crippen molar-refractivity contribution < 1.29 is 27.2 Å². The van der Waals surface area contributed by atoms with Gasteiger partial charge in [-0.05, 0) is 6.42 Å². The second-order valence-electron chi connectivity index (χ2n) is 3.44. The molecular weight excluding hydrogens is 244 g/mol. The van der Waals surface area contributed by atoms with Gasteiger partial charge in [-0.25, -0.2) is 0 Å². The molecular formula is C10H22O6Si. The van der Waals surface area contributed by atoms with Crippen LogP contribution in [0.2, 0.25) is 0 Å². The Morgan fingerprint density at radius 2 is 1.71 bits per heavy atom. The van der Waals surface area contributed by atoms with Crippen molar-refractivity contribution >= 4 is 15.0 Å². The highest BCUT2D eigenvalue weighted by Crippen LogP contribution is 2.11. The van der Waals surface area contributed by atoms with Crippen LogP contribution < -0.4 is 0 Å². The van der Waals surface area contributed by atoms with Gasteiger partial charge in [0.25, 0.3) is 0 Å². The average Bonchev–Trinajstić information content (AvgIpc) is 2.31. The Bertz CT molecular complexity index is 211. The zero-order chi connectivity index (χ0) is 13.3. The van der Waals surface area contributed by atoms with Gasteiger partial charge >= 0.3 is 15.0 Å². The Labute approximate surface area is 104 Å². The van der Waals surface area contributed by atoms with Crippen LogP contribution in [0, 0.1) is 0 Å². The predicted octanol–water partition coefficient (Wildman–Crippen LogP) is 1.11. The average molecular weight is 266 g/mol. The van der Waals surface area contributed by atoms with Crippen LogP contribution in [0.15, 0.2) is 0 Å². The Morgan fingerprint density at radius 1 is 1.18 bits per heavy atom. The number of hydrogen-bond donors (Lipinski definition) is 0. The van der Waals surface area contributed by atoms with Crippen LogP contribution in [0.1, 0.15) is 26.7 Å². The molecule has 7 heteroatoms. The third-order valence-corrected chi connectivity index (χ3v) is 4.16. The summed E-state index contributed by atoms with van der Waals surface area (Å²) in [7, 11) is 1.32. The molecule has 0 rings (SSSR count). The zero-order valence-electron chi connectivity index (χ0n) is 11.1. The lowest BCUT2D eigenvalue weighted by Crippen LogP contribution is -2.48. The first-order chi connectivity index (χ1) is 8.03. The van der Waals surface area contributed by atoms with E-state index in [4.69, 9.17) is 22.4 Å². The van der Waals surface area contributed by atoms with Crippen molar-refractivity contribution in [3.8, 4) is 0 Å². The molecule has 1 unspecified atom stereocenters. The highest BCUT2D eigenvalue weighted by atomic mass is 28.4. The summed E-state index contributed by atoms with van der Waals surface area (Å²) in [6, 6.07) is 0. The fourth-order valence-corrected chi connectivity index (χ4v) is 2.60. The summed E-state index contributed by atoms with van der Waals surface area (Å²) in [5, 5.41) is 0. The monoisotopic (exact) mass is 266 g/mol. The molecule has 1 atom stereocenters. The Kier molecular flexibility index (Phi) is 8.35. The minimum atomic E-state index is -3.05. The van der Waals surface area contributed by atoms with Crippen molar-refractivity contribution in [3.63, 3.8) is 0 Å². The van der Waals surface area contributed by atoms with Gasteiger partial charge in [-0.1, -0.05) is 13.3 Å². The third-order valence-electron chi connectivity index (χ3n) is 2.14. The summed E-state index contributed by atoms with van der Waals surface area (Å²) in [6.07, 6.45) is 1.31. The smallest absolute Gasteiger partial charge is 0.460 e. The molecule has 0 amide bonds. The standard InChI is InChI=1S/C10H22O6Si/c1-6-7-10(16-9(2)11)8-15-17(12-3,13-4)14-5/h10H,6-8H2,1-5H3. The van der Waals surface area contributed by atoms with Gasteiger partial charge in [0.2, 0.25) is 0 Å². The van der Waals surface area contributed by atoms with E-state index in [1.54, 1.807) is 0 Å². The van der Waals surface area contributed by atoms with E-state index in [0.717, 1.165) is 12.8 Å². The van der Waals surface area contributed by atoms with E-state index >= 15 is 0 Å². The Morgan fingerprint density at radius 3 is 2.06 bits per heavy atom. The molecule has 0 fully saturated rings. The van der Waals surface area contributed by atoms with E-state index in [0.29, 0.717) is 0 Å². The molecule has 0 bridgehead atoms. The number of rotatable bonds is 9. The zero-order valence-corrected chi connectivity index (χ0v) is 12.1. The SMILES string of the molecule is CCCC(CO[Si](OC)(OC)OC)OC(C)=O. The first kappa shape index (κ1) is 16.5. The highest BCUT2D eigenvalue weighted by Gasteiger charge is 2.43. The molecule has 102 valence electrons. The maximum atomic E-state index is 10.9. The molecule has 0 radical (unpaired) electrons. The van der Waals surface area contributed by atoms with Gasteiger partial charge in [0.1, 0.15) is 6.10 Å². The van der Waals surface area contributed by atoms with Crippen LogP contribution in [0.3, 0.4) is 0 Å². The van der Waals surface area contributed by atoms with Crippen molar-refractivity contribution in [2.24, 2.45) is 0 Å². The quantitative estimate of drug-likeness (QED) is 0.460. The first-order valence-electron chi connectivity index (χ1n) is 5.50. The largest absolute Gasteiger partial charge is 0.679 e. The minimum absolute atomic E-state index is 0.204. The van der Waals surface area contributed by atoms with Gasteiger partial charge < -0.3 is 22.4 Å². The van der Waals surface area contributed by atoms with E-state index in [9.17, 15) is 4.79 Å². The number of esters is 1. The molecule has 0 aromatic heterocycles. The van der Waals surface area contributed by atoms with Gasteiger partial charge in [0, 0.05) is 28.3 Å². The van der Waals surface area contributed by atoms with Crippen LogP contribution in [0.25, 0.3) is 0 Å². The predicted molar refractivity (Wildman–Crippen MR) is 63.2 cm³/mol. The lowest BCUT2D eigenvalue weighted by molar-refractivity contribution is -0.149. The molecule has 0 aliphatic heterocycles. The van der Waals surface area contributed by atoms with Gasteiger partial charge in [0.15, 0.2) is 0 Å². The summed E-state index contributed by atoms with van der Waals surface area (Å²) in [6.45, 7) is 3.58. The first-order valence-corrected chi connectivity index (χ1v) is 7.13. The van der Waals surface area contributed by atoms with Crippen LogP contribution in [0.5, 0.6) is 0 Å². The summed E-state index contributed by atoms with van der Waals surface area (Å²) in [5.74, 6) is -0.327. The van der Waals surface area contributed by atoms with Crippen LogP contribution in [-0.2, 0) is 27.2 Å². The maximum Gasteiger partial charge on any atom is 0.679 e. The molecule has 17 heavy (non-hydrogen) atoms. The topological polar surface area (TPSA) is 63.2 Å². The molecule has 0 aliphatic rings. The number of ether oxygens (including phenoxy) is 1. The molecule has 0 saturated carbocycles. The second kappa shape index (κ2) is 8.59. The van der Waals surface area contributed by atoms with E-state index in [-0.39, 0.29) is 18.7 Å². The van der Waals surface area contributed by atoms with E-state index in [1.807, 2.05) is 6.92 Å². The lowest BCUT2D eigenvalue weighted by Gasteiger charge is -2.25. The highest BCUT2D eigenvalue weighted by molar-refractivity contribution is 6.53. The van der Waals surface area contributed by atoms with Crippen molar-refractivity contribution in [1.82, 2.24) is 0 Å². The van der Waals surface area contributed by atoms with Crippen molar-refractivity contribution in [2.45, 2.75) is 32.8 Å². The molecule has 0 spiro atoms. The Balaban J connectivity index is 4.30. The summed E-state index contributed by atoms with van der Waals surface area (Å²) < 4.78 is 25.9. The molecule has 0 heterocycles. The third kappa shape index (κ3) is 6.13. The summed E-state index contributed by atoms with van der Waals surface area (Å²) in [4.78, 5) is 10.9. The fraction of sp³-hybridized carbons (Fsp3) is 0.900. The summed E-state index contributed by atoms with van der Waals surface area (Å²) >= 11 is 0. The molecule has 0 aromatic rings. The maximum absolute atomic E-state index is 10.9. The minimum Gasteiger partial charge on any atom is -0.460 e. The van der Waals surface area contributed by atoms with E-state index in [1.165, 1.54) is 28.3 Å². The van der Waals surface area contributed by atoms with Gasteiger partial charge in [-0.3, -0.25) is 4.79 Å². The normalized spacial score (nSPS) is 13.5. The Hall–Kier alpha value is -0.473. The second-order valence-corrected chi connectivity index (χ2v) is 5.96. The molecule has 0 aliphatic carbocycles. The van der Waals surface area contributed by atoms with E-state index < -0.39 is 9.05 Å². The van der Waals surface area contributed by atoms with E-state index in [2.05, 4.69) is 0 Å². The molecule has 0 N–H and O–H groups in total. The molecule has 0 saturated heterocycles. The van der Waals surface area contributed by atoms with Crippen molar-refractivity contribution in [3.05, 3.63) is 0 Å². The number of hydrogen-bond acceptors (Lipinski definition) is 6. The van der Waals surface area contributed by atoms with Crippen molar-refractivity contribution in [1.29, 1.82) is 0 Å². The number of carbonyl (C=O) groups is 1.